The first kappa shape index (κ1) is 16.3. The summed E-state index contributed by atoms with van der Waals surface area (Å²) in [4.78, 5) is 15.2. The first-order valence-corrected chi connectivity index (χ1v) is 8.74. The van der Waals surface area contributed by atoms with Crippen LogP contribution < -0.4 is 0 Å². The predicted molar refractivity (Wildman–Crippen MR) is 91.1 cm³/mol. The van der Waals surface area contributed by atoms with Crippen molar-refractivity contribution in [3.8, 4) is 11.3 Å². The Morgan fingerprint density at radius 1 is 1.32 bits per heavy atom. The third-order valence-corrected chi connectivity index (χ3v) is 5.28. The molecule has 0 radical (unpaired) electrons. The number of carbonyl (C=O) groups excluding carboxylic acids is 1. The van der Waals surface area contributed by atoms with Crippen molar-refractivity contribution < 1.29 is 19.2 Å². The lowest BCUT2D eigenvalue weighted by Gasteiger charge is -2.37. The maximum absolute atomic E-state index is 13.3. The lowest BCUT2D eigenvalue weighted by molar-refractivity contribution is -0.0449. The molecule has 1 aliphatic heterocycles. The van der Waals surface area contributed by atoms with Gasteiger partial charge in [-0.2, -0.15) is 0 Å². The van der Waals surface area contributed by atoms with E-state index in [4.69, 9.17) is 9.26 Å². The number of carbonyl (C=O) groups is 1. The van der Waals surface area contributed by atoms with Gasteiger partial charge in [0.15, 0.2) is 0 Å². The molecule has 2 heterocycles. The van der Waals surface area contributed by atoms with Crippen LogP contribution in [0.5, 0.6) is 0 Å². The monoisotopic (exact) mass is 342 g/mol. The first-order chi connectivity index (χ1) is 12.2. The Morgan fingerprint density at radius 3 is 2.88 bits per heavy atom. The van der Waals surface area contributed by atoms with Crippen LogP contribution in [0.4, 0.5) is 0 Å². The molecule has 6 heteroatoms. The van der Waals surface area contributed by atoms with E-state index in [2.05, 4.69) is 5.16 Å². The average molecular weight is 342 g/mol. The minimum Gasteiger partial charge on any atom is -0.396 e. The van der Waals surface area contributed by atoms with Crippen molar-refractivity contribution in [2.75, 3.05) is 19.8 Å². The van der Waals surface area contributed by atoms with Crippen molar-refractivity contribution in [3.63, 3.8) is 0 Å². The van der Waals surface area contributed by atoms with Crippen LogP contribution in [0, 0.1) is 12.8 Å². The van der Waals surface area contributed by atoms with Gasteiger partial charge in [-0.05, 0) is 25.7 Å². The molecule has 2 aromatic rings. The third-order valence-electron chi connectivity index (χ3n) is 5.28. The molecule has 25 heavy (non-hydrogen) atoms. The normalized spacial score (nSPS) is 25.8. The van der Waals surface area contributed by atoms with E-state index >= 15 is 0 Å². The highest BCUT2D eigenvalue weighted by atomic mass is 16.5. The third kappa shape index (κ3) is 2.85. The zero-order valence-electron chi connectivity index (χ0n) is 14.2. The fourth-order valence-corrected chi connectivity index (χ4v) is 4.01. The van der Waals surface area contributed by atoms with Gasteiger partial charge in [0.1, 0.15) is 17.0 Å². The Morgan fingerprint density at radius 2 is 2.12 bits per heavy atom. The second-order valence-corrected chi connectivity index (χ2v) is 6.82. The highest BCUT2D eigenvalue weighted by Crippen LogP contribution is 2.36. The summed E-state index contributed by atoms with van der Waals surface area (Å²) in [5.74, 6) is 0.665. The van der Waals surface area contributed by atoms with Gasteiger partial charge in [0.25, 0.3) is 5.91 Å². The maximum Gasteiger partial charge on any atom is 0.260 e. The van der Waals surface area contributed by atoms with E-state index in [0.29, 0.717) is 30.2 Å². The fourth-order valence-electron chi connectivity index (χ4n) is 4.01. The van der Waals surface area contributed by atoms with Gasteiger partial charge in [0, 0.05) is 18.7 Å². The van der Waals surface area contributed by atoms with Crippen molar-refractivity contribution in [1.82, 2.24) is 10.1 Å². The highest BCUT2D eigenvalue weighted by molar-refractivity contribution is 6.01. The van der Waals surface area contributed by atoms with Crippen LogP contribution in [0.15, 0.2) is 34.9 Å². The van der Waals surface area contributed by atoms with E-state index in [0.717, 1.165) is 18.4 Å². The summed E-state index contributed by atoms with van der Waals surface area (Å²) in [5, 5.41) is 13.6. The van der Waals surface area contributed by atoms with Crippen LogP contribution in [0.1, 0.15) is 29.0 Å². The van der Waals surface area contributed by atoms with Crippen molar-refractivity contribution >= 4 is 5.91 Å². The van der Waals surface area contributed by atoms with Crippen LogP contribution in [-0.2, 0) is 4.74 Å². The molecular formula is C19H22N2O4. The number of benzene rings is 1. The number of hydrogen-bond acceptors (Lipinski definition) is 5. The Bertz CT molecular complexity index is 758. The first-order valence-electron chi connectivity index (χ1n) is 8.74. The average Bonchev–Trinajstić information content (AvgIpc) is 3.24. The molecular weight excluding hydrogens is 320 g/mol. The number of amides is 1. The highest BCUT2D eigenvalue weighted by Gasteiger charge is 2.43. The van der Waals surface area contributed by atoms with E-state index < -0.39 is 0 Å². The summed E-state index contributed by atoms with van der Waals surface area (Å²) in [6, 6.07) is 9.62. The molecule has 1 aliphatic carbocycles. The second kappa shape index (κ2) is 6.61. The van der Waals surface area contributed by atoms with Gasteiger partial charge >= 0.3 is 0 Å². The number of nitrogens with zero attached hydrogens (tertiary/aromatic N) is 2. The molecule has 1 aromatic carbocycles. The molecule has 1 N–H and O–H groups in total. The number of morpholine rings is 1. The molecule has 2 fully saturated rings. The number of aliphatic hydroxyl groups is 1. The fraction of sp³-hybridized carbons (Fsp3) is 0.474. The Hall–Kier alpha value is -2.18. The van der Waals surface area contributed by atoms with E-state index in [9.17, 15) is 9.90 Å². The lowest BCUT2D eigenvalue weighted by Crippen LogP contribution is -2.51. The molecule has 132 valence electrons. The van der Waals surface area contributed by atoms with E-state index in [-0.39, 0.29) is 30.6 Å². The lowest BCUT2D eigenvalue weighted by atomic mass is 10.0. The maximum atomic E-state index is 13.3. The molecule has 0 bridgehead atoms. The van der Waals surface area contributed by atoms with Crippen LogP contribution in [0.3, 0.4) is 0 Å². The Balaban J connectivity index is 1.66. The molecule has 1 amide bonds. The summed E-state index contributed by atoms with van der Waals surface area (Å²) >= 11 is 0. The minimum atomic E-state index is -0.0607. The van der Waals surface area contributed by atoms with E-state index in [1.165, 1.54) is 0 Å². The van der Waals surface area contributed by atoms with Gasteiger partial charge in [0.05, 0.1) is 18.8 Å². The van der Waals surface area contributed by atoms with Crippen molar-refractivity contribution in [1.29, 1.82) is 0 Å². The van der Waals surface area contributed by atoms with Gasteiger partial charge in [-0.15, -0.1) is 0 Å². The van der Waals surface area contributed by atoms with Crippen LogP contribution in [-0.4, -0.2) is 53.0 Å². The van der Waals surface area contributed by atoms with Crippen molar-refractivity contribution in [2.45, 2.75) is 31.9 Å². The minimum absolute atomic E-state index is 0.00944. The zero-order chi connectivity index (χ0) is 17.4. The number of rotatable bonds is 3. The number of aryl methyl sites for hydroxylation is 1. The molecule has 1 saturated carbocycles. The quantitative estimate of drug-likeness (QED) is 0.926. The second-order valence-electron chi connectivity index (χ2n) is 6.82. The molecule has 4 rings (SSSR count). The standard InChI is InChI=1S/C19H22N2O4/c1-12-17(18(20-25-12)14-5-3-2-4-6-14)19(23)21-7-8-24-16-10-13(11-22)9-15(16)21/h2-6,13,15-16,22H,7-11H2,1H3/t13-,15+,16?/m1/s1. The summed E-state index contributed by atoms with van der Waals surface area (Å²) in [7, 11) is 0. The van der Waals surface area contributed by atoms with E-state index in [1.54, 1.807) is 6.92 Å². The number of aromatic nitrogens is 1. The van der Waals surface area contributed by atoms with Crippen LogP contribution in [0.2, 0.25) is 0 Å². The number of aliphatic hydroxyl groups excluding tert-OH is 1. The zero-order valence-corrected chi connectivity index (χ0v) is 14.2. The van der Waals surface area contributed by atoms with Crippen molar-refractivity contribution in [2.24, 2.45) is 5.92 Å². The molecule has 2 aliphatic rings. The molecule has 1 unspecified atom stereocenters. The number of hydrogen-bond donors (Lipinski definition) is 1. The van der Waals surface area contributed by atoms with Gasteiger partial charge in [-0.3, -0.25) is 4.79 Å². The number of fused-ring (bicyclic) bond motifs is 1. The van der Waals surface area contributed by atoms with E-state index in [1.807, 2.05) is 35.2 Å². The predicted octanol–water partition coefficient (Wildman–Crippen LogP) is 2.26. The molecule has 3 atom stereocenters. The largest absolute Gasteiger partial charge is 0.396 e. The van der Waals surface area contributed by atoms with Crippen LogP contribution >= 0.6 is 0 Å². The summed E-state index contributed by atoms with van der Waals surface area (Å²) in [6.45, 7) is 2.99. The molecule has 1 saturated heterocycles. The summed E-state index contributed by atoms with van der Waals surface area (Å²) in [5.41, 5.74) is 1.98. The number of ether oxygens (including phenoxy) is 1. The van der Waals surface area contributed by atoms with Crippen LogP contribution in [0.25, 0.3) is 11.3 Å². The summed E-state index contributed by atoms with van der Waals surface area (Å²) in [6.07, 6.45) is 1.59. The molecule has 1 aromatic heterocycles. The smallest absolute Gasteiger partial charge is 0.260 e. The van der Waals surface area contributed by atoms with Gasteiger partial charge < -0.3 is 19.3 Å². The SMILES string of the molecule is Cc1onc(-c2ccccc2)c1C(=O)N1CCOC2C[C@H](CO)C[C@@H]21. The molecule has 0 spiro atoms. The van der Waals surface area contributed by atoms with Gasteiger partial charge in [0.2, 0.25) is 0 Å². The van der Waals surface area contributed by atoms with Gasteiger partial charge in [-0.1, -0.05) is 35.5 Å². The van der Waals surface area contributed by atoms with Crippen molar-refractivity contribution in [3.05, 3.63) is 41.7 Å². The topological polar surface area (TPSA) is 75.8 Å². The summed E-state index contributed by atoms with van der Waals surface area (Å²) < 4.78 is 11.2. The Kier molecular flexibility index (Phi) is 4.31. The Labute approximate surface area is 146 Å². The molecule has 6 nitrogen and oxygen atoms in total. The van der Waals surface area contributed by atoms with Gasteiger partial charge in [-0.25, -0.2) is 0 Å².